The number of aliphatic hydroxyl groups excluding tert-OH is 1. The lowest BCUT2D eigenvalue weighted by molar-refractivity contribution is -0.185. The lowest BCUT2D eigenvalue weighted by Gasteiger charge is -2.42. The minimum atomic E-state index is -0.526. The molecule has 8 atom stereocenters. The van der Waals surface area contributed by atoms with Crippen molar-refractivity contribution < 1.29 is 19.3 Å². The quantitative estimate of drug-likeness (QED) is 0.701. The number of fused-ring (bicyclic) bond motifs is 4. The summed E-state index contributed by atoms with van der Waals surface area (Å²) in [4.78, 5) is 0. The van der Waals surface area contributed by atoms with Gasteiger partial charge in [-0.1, -0.05) is 27.7 Å². The summed E-state index contributed by atoms with van der Waals surface area (Å²) in [5, 5.41) is 10.7. The highest BCUT2D eigenvalue weighted by Gasteiger charge is 2.69. The van der Waals surface area contributed by atoms with Crippen molar-refractivity contribution in [3.8, 4) is 0 Å². The van der Waals surface area contributed by atoms with Gasteiger partial charge in [-0.25, -0.2) is 0 Å². The Hall–Kier alpha value is -0.420. The van der Waals surface area contributed by atoms with Gasteiger partial charge in [-0.3, -0.25) is 0 Å². The molecule has 5 aliphatic rings. The number of ether oxygens (including phenoxy) is 3. The molecule has 4 heteroatoms. The molecule has 0 amide bonds. The third kappa shape index (κ3) is 2.36. The van der Waals surface area contributed by atoms with Gasteiger partial charge in [-0.15, -0.1) is 0 Å². The smallest absolute Gasteiger partial charge is 0.163 e. The standard InChI is InChI=1S/C23H36O4/c1-12(2)15-19-20(27-21(3,4)26-19)17-18-16-13(11-25-18)14(24)7-8-22(16,5)9-10-23(15,17)6/h12,14-15,17-20,24H,7-11H2,1-6H3. The van der Waals surface area contributed by atoms with E-state index in [2.05, 4.69) is 27.7 Å². The van der Waals surface area contributed by atoms with E-state index in [-0.39, 0.29) is 35.2 Å². The molecule has 3 fully saturated rings. The first kappa shape index (κ1) is 18.6. The lowest BCUT2D eigenvalue weighted by atomic mass is 9.65. The SMILES string of the molecule is CC(C)C1C2OC(C)(C)OC2C2C3OCC4=C3C(C)(CCC4O)CCC12C. The highest BCUT2D eigenvalue weighted by molar-refractivity contribution is 5.38. The first-order valence-electron chi connectivity index (χ1n) is 11.0. The molecule has 152 valence electrons. The predicted octanol–water partition coefficient (Wildman–Crippen LogP) is 4.07. The fourth-order valence-electron chi connectivity index (χ4n) is 7.72. The van der Waals surface area contributed by atoms with Crippen molar-refractivity contribution in [2.24, 2.45) is 28.6 Å². The van der Waals surface area contributed by atoms with Crippen LogP contribution >= 0.6 is 0 Å². The van der Waals surface area contributed by atoms with Crippen LogP contribution in [-0.4, -0.2) is 41.9 Å². The van der Waals surface area contributed by atoms with Gasteiger partial charge in [-0.2, -0.15) is 0 Å². The molecule has 3 aliphatic carbocycles. The second-order valence-electron chi connectivity index (χ2n) is 11.2. The van der Waals surface area contributed by atoms with Gasteiger partial charge in [0.15, 0.2) is 5.79 Å². The summed E-state index contributed by atoms with van der Waals surface area (Å²) in [6, 6.07) is 0. The lowest BCUT2D eigenvalue weighted by Crippen LogP contribution is -2.43. The van der Waals surface area contributed by atoms with Crippen LogP contribution in [0.4, 0.5) is 0 Å². The Morgan fingerprint density at radius 3 is 2.41 bits per heavy atom. The van der Waals surface area contributed by atoms with E-state index < -0.39 is 5.79 Å². The largest absolute Gasteiger partial charge is 0.389 e. The van der Waals surface area contributed by atoms with Crippen LogP contribution in [0.5, 0.6) is 0 Å². The number of hydrogen-bond donors (Lipinski definition) is 1. The van der Waals surface area contributed by atoms with E-state index in [1.54, 1.807) is 0 Å². The molecule has 2 saturated carbocycles. The third-order valence-electron chi connectivity index (χ3n) is 8.73. The first-order valence-corrected chi connectivity index (χ1v) is 11.0. The van der Waals surface area contributed by atoms with E-state index >= 15 is 0 Å². The van der Waals surface area contributed by atoms with Crippen LogP contribution in [0.15, 0.2) is 11.1 Å². The van der Waals surface area contributed by atoms with Crippen molar-refractivity contribution in [1.82, 2.24) is 0 Å². The van der Waals surface area contributed by atoms with E-state index in [1.807, 2.05) is 13.8 Å². The molecule has 8 unspecified atom stereocenters. The number of rotatable bonds is 1. The van der Waals surface area contributed by atoms with E-state index in [0.29, 0.717) is 24.4 Å². The third-order valence-corrected chi connectivity index (χ3v) is 8.73. The van der Waals surface area contributed by atoms with Crippen molar-refractivity contribution >= 4 is 0 Å². The zero-order valence-corrected chi connectivity index (χ0v) is 17.7. The first-order chi connectivity index (χ1) is 12.6. The van der Waals surface area contributed by atoms with Gasteiger partial charge in [0.25, 0.3) is 0 Å². The molecule has 27 heavy (non-hydrogen) atoms. The molecule has 2 aliphatic heterocycles. The summed E-state index contributed by atoms with van der Waals surface area (Å²) in [5.74, 6) is 0.785. The Labute approximate surface area is 163 Å². The van der Waals surface area contributed by atoms with Crippen LogP contribution in [0, 0.1) is 28.6 Å². The monoisotopic (exact) mass is 376 g/mol. The average Bonchev–Trinajstić information content (AvgIpc) is 3.16. The second kappa shape index (κ2) is 5.59. The van der Waals surface area contributed by atoms with Crippen LogP contribution in [0.1, 0.15) is 67.2 Å². The maximum atomic E-state index is 10.7. The summed E-state index contributed by atoms with van der Waals surface area (Å²) >= 11 is 0. The van der Waals surface area contributed by atoms with E-state index in [0.717, 1.165) is 12.8 Å². The van der Waals surface area contributed by atoms with Crippen molar-refractivity contribution in [2.45, 2.75) is 97.4 Å². The highest BCUT2D eigenvalue weighted by atomic mass is 16.8. The predicted molar refractivity (Wildman–Crippen MR) is 103 cm³/mol. The van der Waals surface area contributed by atoms with Crippen LogP contribution in [-0.2, 0) is 14.2 Å². The van der Waals surface area contributed by atoms with Crippen molar-refractivity contribution in [3.63, 3.8) is 0 Å². The molecule has 0 aromatic rings. The van der Waals surface area contributed by atoms with Gasteiger partial charge in [0.05, 0.1) is 31.0 Å². The molecule has 2 heterocycles. The minimum absolute atomic E-state index is 0.0706. The van der Waals surface area contributed by atoms with Gasteiger partial charge in [0, 0.05) is 5.92 Å². The molecule has 4 nitrogen and oxygen atoms in total. The molecule has 0 spiro atoms. The molecular formula is C23H36O4. The van der Waals surface area contributed by atoms with Crippen LogP contribution in [0.25, 0.3) is 0 Å². The summed E-state index contributed by atoms with van der Waals surface area (Å²) < 4.78 is 19.5. The molecular weight excluding hydrogens is 340 g/mol. The Kier molecular flexibility index (Phi) is 3.85. The van der Waals surface area contributed by atoms with Gasteiger partial charge >= 0.3 is 0 Å². The highest BCUT2D eigenvalue weighted by Crippen LogP contribution is 2.66. The van der Waals surface area contributed by atoms with Crippen LogP contribution in [0.3, 0.4) is 0 Å². The second-order valence-corrected chi connectivity index (χ2v) is 11.2. The van der Waals surface area contributed by atoms with E-state index in [9.17, 15) is 5.11 Å². The zero-order chi connectivity index (χ0) is 19.4. The minimum Gasteiger partial charge on any atom is -0.389 e. The molecule has 1 saturated heterocycles. The van der Waals surface area contributed by atoms with Gasteiger partial charge in [-0.05, 0) is 73.3 Å². The van der Waals surface area contributed by atoms with Crippen LogP contribution in [0.2, 0.25) is 0 Å². The van der Waals surface area contributed by atoms with Crippen molar-refractivity contribution in [1.29, 1.82) is 0 Å². The maximum absolute atomic E-state index is 10.7. The molecule has 0 aromatic carbocycles. The number of aliphatic hydroxyl groups is 1. The fourth-order valence-corrected chi connectivity index (χ4v) is 7.72. The summed E-state index contributed by atoms with van der Waals surface area (Å²) in [6.07, 6.45) is 4.27. The van der Waals surface area contributed by atoms with E-state index in [4.69, 9.17) is 14.2 Å². The Balaban J connectivity index is 1.65. The average molecular weight is 377 g/mol. The Morgan fingerprint density at radius 1 is 1.00 bits per heavy atom. The van der Waals surface area contributed by atoms with Gasteiger partial charge in [0.2, 0.25) is 0 Å². The molecule has 5 rings (SSSR count). The Morgan fingerprint density at radius 2 is 1.70 bits per heavy atom. The summed E-state index contributed by atoms with van der Waals surface area (Å²) in [5.41, 5.74) is 2.90. The molecule has 0 aromatic heterocycles. The summed E-state index contributed by atoms with van der Waals surface area (Å²) in [7, 11) is 0. The number of hydrogen-bond acceptors (Lipinski definition) is 4. The maximum Gasteiger partial charge on any atom is 0.163 e. The Bertz CT molecular complexity index is 682. The van der Waals surface area contributed by atoms with Gasteiger partial charge in [0.1, 0.15) is 0 Å². The van der Waals surface area contributed by atoms with Crippen LogP contribution < -0.4 is 0 Å². The topological polar surface area (TPSA) is 47.9 Å². The van der Waals surface area contributed by atoms with E-state index in [1.165, 1.54) is 24.0 Å². The molecule has 0 radical (unpaired) electrons. The zero-order valence-electron chi connectivity index (χ0n) is 17.7. The normalized spacial score (nSPS) is 53.3. The summed E-state index contributed by atoms with van der Waals surface area (Å²) in [6.45, 7) is 14.3. The molecule has 0 bridgehead atoms. The van der Waals surface area contributed by atoms with Gasteiger partial charge < -0.3 is 19.3 Å². The van der Waals surface area contributed by atoms with Crippen molar-refractivity contribution in [2.75, 3.05) is 6.61 Å². The van der Waals surface area contributed by atoms with Crippen molar-refractivity contribution in [3.05, 3.63) is 11.1 Å². The fraction of sp³-hybridized carbons (Fsp3) is 0.913. The molecule has 1 N–H and O–H groups in total.